The number of fused-ring (bicyclic) bond motifs is 2. The van der Waals surface area contributed by atoms with Gasteiger partial charge in [-0.1, -0.05) is 24.1 Å². The minimum Gasteiger partial charge on any atom is -0.506 e. The van der Waals surface area contributed by atoms with E-state index in [0.717, 1.165) is 41.1 Å². The summed E-state index contributed by atoms with van der Waals surface area (Å²) in [7, 11) is 0. The van der Waals surface area contributed by atoms with Crippen LogP contribution in [-0.4, -0.2) is 34.2 Å². The molecule has 1 saturated heterocycles. The smallest absolute Gasteiger partial charge is 0.390 e. The van der Waals surface area contributed by atoms with Gasteiger partial charge in [0.2, 0.25) is 0 Å². The van der Waals surface area contributed by atoms with Gasteiger partial charge in [-0.15, -0.1) is 15.9 Å². The lowest BCUT2D eigenvalue weighted by molar-refractivity contribution is -0.543. The second kappa shape index (κ2) is 6.48. The van der Waals surface area contributed by atoms with Crippen LogP contribution >= 0.6 is 22.9 Å². The topological polar surface area (TPSA) is 49.6 Å². The fourth-order valence-electron chi connectivity index (χ4n) is 4.05. The Bertz CT molecular complexity index is 1240. The number of aliphatic hydroxyl groups excluding tert-OH is 1. The van der Waals surface area contributed by atoms with Crippen molar-refractivity contribution in [2.75, 3.05) is 19.6 Å². The first-order chi connectivity index (χ1) is 13.1. The van der Waals surface area contributed by atoms with E-state index < -0.39 is 0 Å². The number of para-hydroxylation sites is 1. The Balaban J connectivity index is 1.86. The van der Waals surface area contributed by atoms with Gasteiger partial charge in [-0.3, -0.25) is 4.90 Å². The highest BCUT2D eigenvalue weighted by molar-refractivity contribution is 7.24. The van der Waals surface area contributed by atoms with E-state index in [9.17, 15) is 9.90 Å². The summed E-state index contributed by atoms with van der Waals surface area (Å²) >= 11 is 8.04. The summed E-state index contributed by atoms with van der Waals surface area (Å²) in [4.78, 5) is 15.6. The van der Waals surface area contributed by atoms with Gasteiger partial charge >= 0.3 is 11.4 Å². The predicted molar refractivity (Wildman–Crippen MR) is 108 cm³/mol. The first kappa shape index (κ1) is 17.0. The number of benzene rings is 1. The number of pyridine rings is 1. The molecule has 1 aromatic heterocycles. The molecule has 1 N–H and O–H groups in total. The van der Waals surface area contributed by atoms with E-state index in [1.165, 1.54) is 6.42 Å². The molecule has 4 heterocycles. The van der Waals surface area contributed by atoms with Crippen molar-refractivity contribution >= 4 is 43.6 Å². The summed E-state index contributed by atoms with van der Waals surface area (Å²) < 4.78 is 5.36. The molecule has 0 atom stereocenters. The van der Waals surface area contributed by atoms with Crippen molar-refractivity contribution in [3.63, 3.8) is 0 Å². The number of likely N-dealkylation sites (tertiary alicyclic amines) is 1. The highest BCUT2D eigenvalue weighted by Crippen LogP contribution is 2.32. The fraction of sp³-hybridized carbons (Fsp3) is 0.300. The van der Waals surface area contributed by atoms with Crippen molar-refractivity contribution in [2.24, 2.45) is 0 Å². The Morgan fingerprint density at radius 2 is 1.93 bits per heavy atom. The van der Waals surface area contributed by atoms with E-state index in [4.69, 9.17) is 11.6 Å². The van der Waals surface area contributed by atoms with Crippen LogP contribution in [0.3, 0.4) is 0 Å². The summed E-state index contributed by atoms with van der Waals surface area (Å²) in [5.41, 5.74) is 0.467. The molecule has 3 aliphatic heterocycles. The van der Waals surface area contributed by atoms with Crippen LogP contribution in [0.25, 0.3) is 26.5 Å². The number of rotatable bonds is 2. The first-order valence-electron chi connectivity index (χ1n) is 9.15. The Labute approximate surface area is 164 Å². The maximum Gasteiger partial charge on any atom is 0.390 e. The summed E-state index contributed by atoms with van der Waals surface area (Å²) in [6, 6.07) is 9.55. The van der Waals surface area contributed by atoms with Crippen molar-refractivity contribution < 1.29 is 9.51 Å². The molecular weight excluding hydrogens is 382 g/mol. The molecule has 5 nitrogen and oxygen atoms in total. The van der Waals surface area contributed by atoms with Gasteiger partial charge in [0.25, 0.3) is 5.35 Å². The summed E-state index contributed by atoms with van der Waals surface area (Å²) in [6.07, 6.45) is 5.33. The first-order valence-corrected chi connectivity index (χ1v) is 10.3. The lowest BCUT2D eigenvalue weighted by Gasteiger charge is -2.25. The third-order valence-electron chi connectivity index (χ3n) is 5.28. The Morgan fingerprint density at radius 3 is 2.74 bits per heavy atom. The van der Waals surface area contributed by atoms with E-state index in [1.807, 2.05) is 30.5 Å². The van der Waals surface area contributed by atoms with Crippen LogP contribution in [0.1, 0.15) is 19.3 Å². The van der Waals surface area contributed by atoms with Gasteiger partial charge in [-0.05, 0) is 50.2 Å². The zero-order valence-electron chi connectivity index (χ0n) is 14.7. The molecule has 0 amide bonds. The molecule has 138 valence electrons. The molecule has 0 saturated carbocycles. The van der Waals surface area contributed by atoms with Gasteiger partial charge in [0.05, 0.1) is 22.5 Å². The molecule has 1 fully saturated rings. The minimum absolute atomic E-state index is 0.119. The largest absolute Gasteiger partial charge is 0.506 e. The maximum absolute atomic E-state index is 13.4. The fourth-order valence-corrected chi connectivity index (χ4v) is 5.48. The van der Waals surface area contributed by atoms with E-state index in [2.05, 4.69) is 4.90 Å². The summed E-state index contributed by atoms with van der Waals surface area (Å²) in [6.45, 7) is 2.31. The minimum atomic E-state index is -0.230. The molecule has 2 aromatic rings. The van der Waals surface area contributed by atoms with Gasteiger partial charge in [0, 0.05) is 0 Å². The van der Waals surface area contributed by atoms with Gasteiger partial charge in [-0.2, -0.15) is 4.40 Å². The summed E-state index contributed by atoms with van der Waals surface area (Å²) in [5.74, 6) is 0.876. The molecular formula is C20H19ClN3O2S+. The standard InChI is InChI=1S/C20H18ClN3O2S/c21-13-6-4-7-15-17(13)24-19-16(27-15)8-5-11-23(19)18(20(24)26)14(25)12-22-9-2-1-3-10-22/h4-8,11H,1-3,9-10,12H2/p+1. The molecule has 7 heteroatoms. The lowest BCUT2D eigenvalue weighted by Crippen LogP contribution is -2.47. The number of aliphatic hydroxyl groups is 1. The molecule has 0 bridgehead atoms. The number of piperidine rings is 1. The monoisotopic (exact) mass is 400 g/mol. The Morgan fingerprint density at radius 1 is 1.15 bits per heavy atom. The van der Waals surface area contributed by atoms with Crippen LogP contribution in [0, 0.1) is 0 Å². The second-order valence-corrected chi connectivity index (χ2v) is 8.52. The molecule has 0 unspecified atom stereocenters. The average Bonchev–Trinajstić information content (AvgIpc) is 2.97. The van der Waals surface area contributed by atoms with Gasteiger partial charge in [0.15, 0.2) is 11.3 Å². The van der Waals surface area contributed by atoms with E-state index in [1.54, 1.807) is 26.4 Å². The molecule has 27 heavy (non-hydrogen) atoms. The number of halogens is 1. The molecule has 0 spiro atoms. The van der Waals surface area contributed by atoms with Crippen molar-refractivity contribution in [1.82, 2.24) is 9.47 Å². The van der Waals surface area contributed by atoms with Gasteiger partial charge < -0.3 is 5.11 Å². The van der Waals surface area contributed by atoms with Crippen molar-refractivity contribution in [1.29, 1.82) is 0 Å². The molecule has 0 radical (unpaired) electrons. The van der Waals surface area contributed by atoms with Crippen LogP contribution in [0.2, 0.25) is 5.02 Å². The van der Waals surface area contributed by atoms with Crippen LogP contribution in [0.5, 0.6) is 0 Å². The van der Waals surface area contributed by atoms with Crippen molar-refractivity contribution in [3.8, 4) is 5.82 Å². The van der Waals surface area contributed by atoms with Crippen LogP contribution in [0.15, 0.2) is 41.3 Å². The van der Waals surface area contributed by atoms with Crippen LogP contribution in [-0.2, 0) is 0 Å². The van der Waals surface area contributed by atoms with Crippen molar-refractivity contribution in [2.45, 2.75) is 19.3 Å². The van der Waals surface area contributed by atoms with E-state index in [0.29, 0.717) is 22.4 Å². The number of hydrogen-bond acceptors (Lipinski definition) is 4. The SMILES string of the molecule is O=c1/c(=C(/O)CN2CCCCC2)[n+]2cccc3sc4cccc(Cl)c4n1-c32. The quantitative estimate of drug-likeness (QED) is 0.416. The highest BCUT2D eigenvalue weighted by atomic mass is 35.5. The normalized spacial score (nSPS) is 17.2. The van der Waals surface area contributed by atoms with E-state index in [-0.39, 0.29) is 11.3 Å². The van der Waals surface area contributed by atoms with Gasteiger partial charge in [0.1, 0.15) is 4.70 Å². The number of hydrogen-bond donors (Lipinski definition) is 1. The molecule has 0 aliphatic carbocycles. The zero-order valence-corrected chi connectivity index (χ0v) is 16.3. The predicted octanol–water partition coefficient (Wildman–Crippen LogP) is 2.75. The summed E-state index contributed by atoms with van der Waals surface area (Å²) in [5, 5.41) is 11.7. The van der Waals surface area contributed by atoms with E-state index >= 15 is 0 Å². The average molecular weight is 401 g/mol. The molecule has 3 aliphatic rings. The third-order valence-corrected chi connectivity index (χ3v) is 6.67. The van der Waals surface area contributed by atoms with Crippen LogP contribution in [0.4, 0.5) is 0 Å². The lowest BCUT2D eigenvalue weighted by atomic mass is 10.1. The number of imidazole rings is 1. The number of aromatic nitrogens is 2. The molecule has 1 aromatic carbocycles. The number of nitrogens with zero attached hydrogens (tertiary/aromatic N) is 3. The Hall–Kier alpha value is -2.15. The maximum atomic E-state index is 13.4. The zero-order chi connectivity index (χ0) is 18.5. The van der Waals surface area contributed by atoms with Gasteiger partial charge in [-0.25, -0.2) is 4.79 Å². The Kier molecular flexibility index (Phi) is 4.07. The second-order valence-electron chi connectivity index (χ2n) is 7.03. The highest BCUT2D eigenvalue weighted by Gasteiger charge is 2.31. The third kappa shape index (κ3) is 2.63. The van der Waals surface area contributed by atoms with Crippen molar-refractivity contribution in [3.05, 3.63) is 57.3 Å². The molecule has 5 rings (SSSR count). The van der Waals surface area contributed by atoms with Crippen LogP contribution < -0.4 is 15.3 Å².